The second-order valence-corrected chi connectivity index (χ2v) is 6.40. The Balaban J connectivity index is 1.71. The van der Waals surface area contributed by atoms with Gasteiger partial charge in [-0.2, -0.15) is 0 Å². The van der Waals surface area contributed by atoms with Crippen LogP contribution < -0.4 is 5.73 Å². The zero-order valence-electron chi connectivity index (χ0n) is 12.6. The van der Waals surface area contributed by atoms with Crippen molar-refractivity contribution in [3.63, 3.8) is 0 Å². The van der Waals surface area contributed by atoms with Gasteiger partial charge in [-0.15, -0.1) is 0 Å². The Kier molecular flexibility index (Phi) is 4.48. The van der Waals surface area contributed by atoms with Crippen molar-refractivity contribution in [1.29, 1.82) is 0 Å². The Bertz CT molecular complexity index is 321. The lowest BCUT2D eigenvalue weighted by molar-refractivity contribution is -0.132. The van der Waals surface area contributed by atoms with E-state index in [4.69, 9.17) is 5.73 Å². The van der Waals surface area contributed by atoms with Gasteiger partial charge in [0.1, 0.15) is 0 Å². The Morgan fingerprint density at radius 3 is 2.37 bits per heavy atom. The molecule has 19 heavy (non-hydrogen) atoms. The first-order valence-electron chi connectivity index (χ1n) is 7.35. The number of likely N-dealkylation sites (tertiary alicyclic amines) is 1. The summed E-state index contributed by atoms with van der Waals surface area (Å²) in [4.78, 5) is 18.6. The van der Waals surface area contributed by atoms with Crippen molar-refractivity contribution in [2.24, 2.45) is 5.73 Å². The molecule has 1 amide bonds. The molecule has 5 nitrogen and oxygen atoms in total. The average molecular weight is 268 g/mol. The van der Waals surface area contributed by atoms with Gasteiger partial charge in [-0.05, 0) is 52.9 Å². The summed E-state index contributed by atoms with van der Waals surface area (Å²) >= 11 is 0. The van der Waals surface area contributed by atoms with Gasteiger partial charge >= 0.3 is 0 Å². The van der Waals surface area contributed by atoms with Crippen LogP contribution in [0.5, 0.6) is 0 Å². The van der Waals surface area contributed by atoms with Crippen molar-refractivity contribution in [2.45, 2.75) is 37.3 Å². The first-order valence-corrected chi connectivity index (χ1v) is 7.35. The summed E-state index contributed by atoms with van der Waals surface area (Å²) in [5.74, 6) is 0.115. The molecule has 0 bridgehead atoms. The van der Waals surface area contributed by atoms with E-state index >= 15 is 0 Å². The maximum absolute atomic E-state index is 12.0. The molecular formula is C14H28N4O. The maximum atomic E-state index is 12.0. The molecule has 0 unspecified atom stereocenters. The van der Waals surface area contributed by atoms with Crippen molar-refractivity contribution < 1.29 is 4.79 Å². The standard InChI is InChI=1S/C14H28N4O/c1-16-8-4-12(5-9-16)17(2)10-11-18(3)13(19)14(15)6-7-14/h12H,4-11,15H2,1-3H3. The second kappa shape index (κ2) is 5.77. The van der Waals surface area contributed by atoms with Gasteiger partial charge in [-0.3, -0.25) is 4.79 Å². The molecule has 1 heterocycles. The summed E-state index contributed by atoms with van der Waals surface area (Å²) in [6.07, 6.45) is 4.15. The van der Waals surface area contributed by atoms with E-state index in [1.54, 1.807) is 4.90 Å². The van der Waals surface area contributed by atoms with Crippen LogP contribution in [0.15, 0.2) is 0 Å². The van der Waals surface area contributed by atoms with Crippen molar-refractivity contribution in [3.8, 4) is 0 Å². The largest absolute Gasteiger partial charge is 0.343 e. The highest BCUT2D eigenvalue weighted by atomic mass is 16.2. The zero-order valence-corrected chi connectivity index (χ0v) is 12.6. The summed E-state index contributed by atoms with van der Waals surface area (Å²) in [6.45, 7) is 4.07. The summed E-state index contributed by atoms with van der Waals surface area (Å²) in [6, 6.07) is 0.660. The van der Waals surface area contributed by atoms with E-state index in [0.717, 1.165) is 25.9 Å². The van der Waals surface area contributed by atoms with Crippen LogP contribution in [-0.2, 0) is 4.79 Å². The predicted molar refractivity (Wildman–Crippen MR) is 76.9 cm³/mol. The molecule has 110 valence electrons. The quantitative estimate of drug-likeness (QED) is 0.760. The topological polar surface area (TPSA) is 52.8 Å². The van der Waals surface area contributed by atoms with Gasteiger partial charge in [0, 0.05) is 26.2 Å². The molecule has 5 heteroatoms. The number of likely N-dealkylation sites (N-methyl/N-ethyl adjacent to an activating group) is 2. The zero-order chi connectivity index (χ0) is 14.0. The number of amides is 1. The molecular weight excluding hydrogens is 240 g/mol. The lowest BCUT2D eigenvalue weighted by atomic mass is 10.0. The van der Waals surface area contributed by atoms with E-state index in [-0.39, 0.29) is 5.91 Å². The highest BCUT2D eigenvalue weighted by molar-refractivity contribution is 5.88. The fourth-order valence-corrected chi connectivity index (χ4v) is 2.76. The lowest BCUT2D eigenvalue weighted by Gasteiger charge is -2.36. The summed E-state index contributed by atoms with van der Waals surface area (Å²) < 4.78 is 0. The smallest absolute Gasteiger partial charge is 0.242 e. The van der Waals surface area contributed by atoms with Crippen molar-refractivity contribution in [2.75, 3.05) is 47.3 Å². The number of nitrogens with zero attached hydrogens (tertiary/aromatic N) is 3. The molecule has 2 fully saturated rings. The summed E-state index contributed by atoms with van der Waals surface area (Å²) in [5, 5.41) is 0. The molecule has 0 aromatic rings. The number of hydrogen-bond donors (Lipinski definition) is 1. The highest BCUT2D eigenvalue weighted by Crippen LogP contribution is 2.33. The van der Waals surface area contributed by atoms with Gasteiger partial charge in [0.25, 0.3) is 0 Å². The molecule has 0 aromatic carbocycles. The minimum Gasteiger partial charge on any atom is -0.343 e. The summed E-state index contributed by atoms with van der Waals surface area (Å²) in [7, 11) is 6.22. The van der Waals surface area contributed by atoms with E-state index in [1.165, 1.54) is 25.9 Å². The minimum absolute atomic E-state index is 0.115. The Morgan fingerprint density at radius 2 is 1.84 bits per heavy atom. The van der Waals surface area contributed by atoms with Crippen LogP contribution in [0, 0.1) is 0 Å². The molecule has 1 aliphatic carbocycles. The van der Waals surface area contributed by atoms with Crippen LogP contribution in [0.1, 0.15) is 25.7 Å². The van der Waals surface area contributed by atoms with Crippen molar-refractivity contribution in [1.82, 2.24) is 14.7 Å². The average Bonchev–Trinajstić information content (AvgIpc) is 3.14. The van der Waals surface area contributed by atoms with Gasteiger partial charge in [0.15, 0.2) is 0 Å². The van der Waals surface area contributed by atoms with E-state index in [0.29, 0.717) is 6.04 Å². The molecule has 0 aromatic heterocycles. The molecule has 2 rings (SSSR count). The SMILES string of the molecule is CN1CCC(N(C)CCN(C)C(=O)C2(N)CC2)CC1. The second-order valence-electron chi connectivity index (χ2n) is 6.40. The molecule has 0 atom stereocenters. The molecule has 1 aliphatic heterocycles. The lowest BCUT2D eigenvalue weighted by Crippen LogP contribution is -2.48. The van der Waals surface area contributed by atoms with E-state index in [9.17, 15) is 4.79 Å². The molecule has 0 radical (unpaired) electrons. The third-order valence-corrected chi connectivity index (χ3v) is 4.66. The Morgan fingerprint density at radius 1 is 1.26 bits per heavy atom. The summed E-state index contributed by atoms with van der Waals surface area (Å²) in [5.41, 5.74) is 5.42. The van der Waals surface area contributed by atoms with Crippen LogP contribution in [0.4, 0.5) is 0 Å². The third kappa shape index (κ3) is 3.68. The molecule has 2 aliphatic rings. The number of carbonyl (C=O) groups is 1. The van der Waals surface area contributed by atoms with Gasteiger partial charge in [-0.1, -0.05) is 0 Å². The highest BCUT2D eigenvalue weighted by Gasteiger charge is 2.47. The van der Waals surface area contributed by atoms with E-state index in [1.807, 2.05) is 7.05 Å². The van der Waals surface area contributed by atoms with Crippen LogP contribution in [0.3, 0.4) is 0 Å². The predicted octanol–water partition coefficient (Wildman–Crippen LogP) is -0.0379. The molecule has 2 N–H and O–H groups in total. The fraction of sp³-hybridized carbons (Fsp3) is 0.929. The first kappa shape index (κ1) is 14.8. The van der Waals surface area contributed by atoms with Gasteiger partial charge in [0.05, 0.1) is 5.54 Å². The van der Waals surface area contributed by atoms with Crippen molar-refractivity contribution >= 4 is 5.91 Å². The number of piperidine rings is 1. The van der Waals surface area contributed by atoms with Crippen LogP contribution in [0.2, 0.25) is 0 Å². The van der Waals surface area contributed by atoms with Crippen LogP contribution in [-0.4, -0.2) is 79.5 Å². The van der Waals surface area contributed by atoms with E-state index in [2.05, 4.69) is 23.9 Å². The number of rotatable bonds is 5. The first-order chi connectivity index (χ1) is 8.92. The van der Waals surface area contributed by atoms with Crippen molar-refractivity contribution in [3.05, 3.63) is 0 Å². The number of nitrogens with two attached hydrogens (primary N) is 1. The number of carbonyl (C=O) groups excluding carboxylic acids is 1. The van der Waals surface area contributed by atoms with Gasteiger partial charge in [-0.25, -0.2) is 0 Å². The minimum atomic E-state index is -0.527. The normalized spacial score (nSPS) is 23.6. The fourth-order valence-electron chi connectivity index (χ4n) is 2.76. The Hall–Kier alpha value is -0.650. The van der Waals surface area contributed by atoms with Crippen LogP contribution in [0.25, 0.3) is 0 Å². The number of hydrogen-bond acceptors (Lipinski definition) is 4. The monoisotopic (exact) mass is 268 g/mol. The molecule has 1 saturated heterocycles. The molecule has 0 spiro atoms. The molecule has 1 saturated carbocycles. The maximum Gasteiger partial charge on any atom is 0.242 e. The Labute approximate surface area is 116 Å². The third-order valence-electron chi connectivity index (χ3n) is 4.66. The van der Waals surface area contributed by atoms with Gasteiger partial charge < -0.3 is 20.4 Å². The van der Waals surface area contributed by atoms with Gasteiger partial charge in [0.2, 0.25) is 5.91 Å². The van der Waals surface area contributed by atoms with Crippen LogP contribution >= 0.6 is 0 Å². The van der Waals surface area contributed by atoms with E-state index < -0.39 is 5.54 Å².